The number of carbonyl (C=O) groups is 2. The molecule has 0 saturated carbocycles. The highest BCUT2D eigenvalue weighted by atomic mass is 16.6. The topological polar surface area (TPSA) is 76.0 Å². The van der Waals surface area contributed by atoms with E-state index >= 15 is 0 Å². The van der Waals surface area contributed by atoms with Crippen molar-refractivity contribution in [2.24, 2.45) is 5.16 Å². The lowest BCUT2D eigenvalue weighted by Crippen LogP contribution is -2.05. The summed E-state index contributed by atoms with van der Waals surface area (Å²) in [6, 6.07) is 0. The Morgan fingerprint density at radius 2 is 1.93 bits per heavy atom. The molecule has 0 saturated heterocycles. The number of hydrogen-bond donors (Lipinski definition) is 1. The summed E-state index contributed by atoms with van der Waals surface area (Å²) in [5.74, 6) is -0.941. The van der Waals surface area contributed by atoms with Crippen molar-refractivity contribution in [2.45, 2.75) is 33.1 Å². The molecule has 0 unspecified atom stereocenters. The van der Waals surface area contributed by atoms with E-state index in [-0.39, 0.29) is 12.2 Å². The molecule has 0 fully saturated rings. The van der Waals surface area contributed by atoms with Crippen LogP contribution in [-0.4, -0.2) is 29.2 Å². The van der Waals surface area contributed by atoms with Crippen LogP contribution < -0.4 is 0 Å². The quantitative estimate of drug-likeness (QED) is 0.381. The number of carbonyl (C=O) groups excluding carboxylic acids is 1. The van der Waals surface area contributed by atoms with Crippen LogP contribution in [0.1, 0.15) is 33.1 Å². The van der Waals surface area contributed by atoms with Crippen LogP contribution in [0.15, 0.2) is 5.16 Å². The SMILES string of the molecule is CC(=O)/C(C)=N\OCCCCC(=O)O. The fraction of sp³-hybridized carbons (Fsp3) is 0.667. The molecule has 0 aromatic heterocycles. The smallest absolute Gasteiger partial charge is 0.303 e. The van der Waals surface area contributed by atoms with Crippen molar-refractivity contribution in [3.63, 3.8) is 0 Å². The monoisotopic (exact) mass is 201 g/mol. The highest BCUT2D eigenvalue weighted by Crippen LogP contribution is 1.96. The van der Waals surface area contributed by atoms with E-state index in [4.69, 9.17) is 9.94 Å². The third-order valence-electron chi connectivity index (χ3n) is 1.59. The number of hydrogen-bond acceptors (Lipinski definition) is 4. The normalized spacial score (nSPS) is 11.1. The van der Waals surface area contributed by atoms with E-state index in [1.165, 1.54) is 6.92 Å². The van der Waals surface area contributed by atoms with Crippen molar-refractivity contribution in [3.8, 4) is 0 Å². The molecule has 1 N–H and O–H groups in total. The number of nitrogens with zero attached hydrogens (tertiary/aromatic N) is 1. The van der Waals surface area contributed by atoms with Gasteiger partial charge in [-0.3, -0.25) is 9.59 Å². The van der Waals surface area contributed by atoms with Crippen molar-refractivity contribution in [2.75, 3.05) is 6.61 Å². The van der Waals surface area contributed by atoms with Gasteiger partial charge in [0.2, 0.25) is 0 Å². The second kappa shape index (κ2) is 7.06. The molecule has 0 radical (unpaired) electrons. The van der Waals surface area contributed by atoms with Crippen LogP contribution in [-0.2, 0) is 14.4 Å². The molecule has 5 nitrogen and oxygen atoms in total. The molecule has 0 heterocycles. The number of carboxylic acids is 1. The molecule has 0 aromatic rings. The van der Waals surface area contributed by atoms with E-state index < -0.39 is 5.97 Å². The molecule has 0 aliphatic heterocycles. The molecule has 0 rings (SSSR count). The molecule has 0 bridgehead atoms. The van der Waals surface area contributed by atoms with E-state index in [0.717, 1.165) is 0 Å². The minimum Gasteiger partial charge on any atom is -0.481 e. The average Bonchev–Trinajstić information content (AvgIpc) is 2.09. The first-order valence-electron chi connectivity index (χ1n) is 4.43. The zero-order valence-corrected chi connectivity index (χ0v) is 8.45. The van der Waals surface area contributed by atoms with E-state index in [1.54, 1.807) is 6.92 Å². The van der Waals surface area contributed by atoms with Crippen LogP contribution in [0.2, 0.25) is 0 Å². The first kappa shape index (κ1) is 12.6. The van der Waals surface area contributed by atoms with Gasteiger partial charge < -0.3 is 9.94 Å². The summed E-state index contributed by atoms with van der Waals surface area (Å²) in [6.07, 6.45) is 1.32. The Labute approximate surface area is 82.7 Å². The van der Waals surface area contributed by atoms with E-state index in [0.29, 0.717) is 25.2 Å². The van der Waals surface area contributed by atoms with Gasteiger partial charge in [-0.1, -0.05) is 5.16 Å². The van der Waals surface area contributed by atoms with Gasteiger partial charge in [0.1, 0.15) is 12.3 Å². The summed E-state index contributed by atoms with van der Waals surface area (Å²) in [6.45, 7) is 3.32. The summed E-state index contributed by atoms with van der Waals surface area (Å²) >= 11 is 0. The van der Waals surface area contributed by atoms with Crippen LogP contribution in [0.25, 0.3) is 0 Å². The number of aliphatic carboxylic acids is 1. The molecule has 0 spiro atoms. The van der Waals surface area contributed by atoms with E-state index in [1.807, 2.05) is 0 Å². The molecule has 0 aromatic carbocycles. The summed E-state index contributed by atoms with van der Waals surface area (Å²) in [7, 11) is 0. The number of oxime groups is 1. The molecular formula is C9H15NO4. The Hall–Kier alpha value is -1.39. The van der Waals surface area contributed by atoms with Crippen LogP contribution in [0, 0.1) is 0 Å². The van der Waals surface area contributed by atoms with Crippen molar-refractivity contribution < 1.29 is 19.5 Å². The number of rotatable bonds is 7. The van der Waals surface area contributed by atoms with Gasteiger partial charge in [-0.2, -0.15) is 0 Å². The maximum absolute atomic E-state index is 10.7. The Morgan fingerprint density at radius 1 is 1.29 bits per heavy atom. The Morgan fingerprint density at radius 3 is 2.43 bits per heavy atom. The maximum Gasteiger partial charge on any atom is 0.303 e. The summed E-state index contributed by atoms with van der Waals surface area (Å²) in [4.78, 5) is 25.6. The van der Waals surface area contributed by atoms with E-state index in [2.05, 4.69) is 5.16 Å². The summed E-state index contributed by atoms with van der Waals surface area (Å²) in [5.41, 5.74) is 0.322. The van der Waals surface area contributed by atoms with Crippen molar-refractivity contribution in [1.29, 1.82) is 0 Å². The van der Waals surface area contributed by atoms with Crippen molar-refractivity contribution in [3.05, 3.63) is 0 Å². The second-order valence-electron chi connectivity index (χ2n) is 2.92. The fourth-order valence-corrected chi connectivity index (χ4v) is 0.650. The lowest BCUT2D eigenvalue weighted by Gasteiger charge is -1.98. The lowest BCUT2D eigenvalue weighted by molar-refractivity contribution is -0.137. The van der Waals surface area contributed by atoms with Gasteiger partial charge in [0.05, 0.1) is 0 Å². The third-order valence-corrected chi connectivity index (χ3v) is 1.59. The summed E-state index contributed by atoms with van der Waals surface area (Å²) < 4.78 is 0. The third kappa shape index (κ3) is 7.27. The van der Waals surface area contributed by atoms with Crippen LogP contribution >= 0.6 is 0 Å². The minimum atomic E-state index is -0.812. The Bertz CT molecular complexity index is 235. The molecule has 0 aliphatic rings. The first-order chi connectivity index (χ1) is 6.54. The average molecular weight is 201 g/mol. The van der Waals surface area contributed by atoms with Crippen molar-refractivity contribution >= 4 is 17.5 Å². The lowest BCUT2D eigenvalue weighted by atomic mass is 10.2. The van der Waals surface area contributed by atoms with Gasteiger partial charge in [0, 0.05) is 13.3 Å². The zero-order valence-electron chi connectivity index (χ0n) is 8.45. The highest BCUT2D eigenvalue weighted by molar-refractivity contribution is 6.37. The maximum atomic E-state index is 10.7. The van der Waals surface area contributed by atoms with Gasteiger partial charge in [-0.15, -0.1) is 0 Å². The van der Waals surface area contributed by atoms with Crippen molar-refractivity contribution in [1.82, 2.24) is 0 Å². The predicted octanol–water partition coefficient (Wildman–Crippen LogP) is 1.22. The van der Waals surface area contributed by atoms with Gasteiger partial charge in [0.15, 0.2) is 5.78 Å². The van der Waals surface area contributed by atoms with Crippen LogP contribution in [0.5, 0.6) is 0 Å². The molecule has 80 valence electrons. The number of Topliss-reactive ketones (excluding diaryl/α,β-unsaturated/α-hetero) is 1. The van der Waals surface area contributed by atoms with Gasteiger partial charge in [0.25, 0.3) is 0 Å². The Kier molecular flexibility index (Phi) is 6.36. The molecule has 0 aliphatic carbocycles. The second-order valence-corrected chi connectivity index (χ2v) is 2.92. The van der Waals surface area contributed by atoms with Gasteiger partial charge in [-0.25, -0.2) is 0 Å². The minimum absolute atomic E-state index is 0.129. The number of unbranched alkanes of at least 4 members (excludes halogenated alkanes) is 1. The molecular weight excluding hydrogens is 186 g/mol. The van der Waals surface area contributed by atoms with E-state index in [9.17, 15) is 9.59 Å². The molecule has 0 atom stereocenters. The van der Waals surface area contributed by atoms with Crippen LogP contribution in [0.4, 0.5) is 0 Å². The number of carboxylic acid groups (broad SMARTS) is 1. The number of ketones is 1. The summed E-state index contributed by atoms with van der Waals surface area (Å²) in [5, 5.41) is 11.9. The van der Waals surface area contributed by atoms with Crippen LogP contribution in [0.3, 0.4) is 0 Å². The van der Waals surface area contributed by atoms with Gasteiger partial charge >= 0.3 is 5.97 Å². The Balaban J connectivity index is 3.42. The predicted molar refractivity (Wildman–Crippen MR) is 51.2 cm³/mol. The molecule has 14 heavy (non-hydrogen) atoms. The van der Waals surface area contributed by atoms with Gasteiger partial charge in [-0.05, 0) is 19.8 Å². The molecule has 5 heteroatoms. The zero-order chi connectivity index (χ0) is 11.0. The largest absolute Gasteiger partial charge is 0.481 e. The highest BCUT2D eigenvalue weighted by Gasteiger charge is 1.98. The first-order valence-corrected chi connectivity index (χ1v) is 4.43. The fourth-order valence-electron chi connectivity index (χ4n) is 0.650. The molecule has 0 amide bonds. The standard InChI is InChI=1S/C9H15NO4/c1-7(8(2)11)10-14-6-4-3-5-9(12)13/h3-6H2,1-2H3,(H,12,13)/b10-7-.